The Morgan fingerprint density at radius 1 is 1.48 bits per heavy atom. The van der Waals surface area contributed by atoms with E-state index in [1.807, 2.05) is 20.8 Å². The lowest BCUT2D eigenvalue weighted by Gasteiger charge is -2.29. The first-order chi connectivity index (χ1) is 10.8. The van der Waals surface area contributed by atoms with Gasteiger partial charge in [0.15, 0.2) is 5.82 Å². The average molecular weight is 321 g/mol. The van der Waals surface area contributed by atoms with Crippen molar-refractivity contribution < 1.29 is 14.3 Å². The molecule has 126 valence electrons. The number of carbonyl (C=O) groups excluding carboxylic acids is 2. The minimum absolute atomic E-state index is 0.339. The number of hydrogen-bond donors (Lipinski definition) is 3. The van der Waals surface area contributed by atoms with Crippen LogP contribution in [0.1, 0.15) is 32.0 Å². The van der Waals surface area contributed by atoms with Crippen LogP contribution in [0.25, 0.3) is 0 Å². The van der Waals surface area contributed by atoms with Crippen LogP contribution in [0, 0.1) is 0 Å². The summed E-state index contributed by atoms with van der Waals surface area (Å²) in [7, 11) is 0. The fourth-order valence-electron chi connectivity index (χ4n) is 2.22. The lowest BCUT2D eigenvalue weighted by Crippen LogP contribution is -2.40. The summed E-state index contributed by atoms with van der Waals surface area (Å²) in [6.45, 7) is 10.3. The van der Waals surface area contributed by atoms with Crippen molar-refractivity contribution in [2.75, 3.05) is 18.4 Å². The van der Waals surface area contributed by atoms with E-state index in [1.165, 1.54) is 0 Å². The van der Waals surface area contributed by atoms with Gasteiger partial charge >= 0.3 is 12.1 Å². The molecule has 1 aromatic heterocycles. The number of urea groups is 1. The van der Waals surface area contributed by atoms with Crippen molar-refractivity contribution in [2.45, 2.75) is 39.3 Å². The van der Waals surface area contributed by atoms with Crippen LogP contribution in [0.3, 0.4) is 0 Å². The molecule has 0 spiro atoms. The Kier molecular flexibility index (Phi) is 4.92. The maximum absolute atomic E-state index is 12.1. The largest absolute Gasteiger partial charge is 0.444 e. The van der Waals surface area contributed by atoms with Gasteiger partial charge in [-0.2, -0.15) is 5.10 Å². The third-order valence-corrected chi connectivity index (χ3v) is 3.22. The zero-order valence-electron chi connectivity index (χ0n) is 13.7. The molecule has 0 atom stereocenters. The van der Waals surface area contributed by atoms with Crippen LogP contribution in [0.15, 0.2) is 12.7 Å². The molecular weight excluding hydrogens is 298 g/mol. The zero-order chi connectivity index (χ0) is 17.0. The quantitative estimate of drug-likeness (QED) is 0.742. The molecule has 0 fully saturated rings. The van der Waals surface area contributed by atoms with Crippen LogP contribution in [-0.2, 0) is 17.7 Å². The zero-order valence-corrected chi connectivity index (χ0v) is 13.7. The molecule has 2 rings (SSSR count). The predicted octanol–water partition coefficient (Wildman–Crippen LogP) is 2.01. The Morgan fingerprint density at radius 2 is 2.22 bits per heavy atom. The predicted molar refractivity (Wildman–Crippen MR) is 86.2 cm³/mol. The van der Waals surface area contributed by atoms with Crippen molar-refractivity contribution in [1.82, 2.24) is 20.4 Å². The maximum Gasteiger partial charge on any atom is 0.410 e. The summed E-state index contributed by atoms with van der Waals surface area (Å²) in [6, 6.07) is -0.339. The smallest absolute Gasteiger partial charge is 0.410 e. The Labute approximate surface area is 135 Å². The summed E-state index contributed by atoms with van der Waals surface area (Å²) < 4.78 is 5.37. The lowest BCUT2D eigenvalue weighted by atomic mass is 10.1. The number of nitrogens with one attached hydrogen (secondary N) is 3. The van der Waals surface area contributed by atoms with Crippen LogP contribution in [-0.4, -0.2) is 45.9 Å². The Bertz CT molecular complexity index is 603. The van der Waals surface area contributed by atoms with Crippen molar-refractivity contribution in [1.29, 1.82) is 0 Å². The molecule has 2 heterocycles. The number of carbonyl (C=O) groups is 2. The van der Waals surface area contributed by atoms with Crippen molar-refractivity contribution in [3.05, 3.63) is 23.9 Å². The van der Waals surface area contributed by atoms with E-state index in [0.717, 1.165) is 11.3 Å². The van der Waals surface area contributed by atoms with Crippen molar-refractivity contribution in [3.63, 3.8) is 0 Å². The second kappa shape index (κ2) is 6.72. The van der Waals surface area contributed by atoms with E-state index < -0.39 is 5.60 Å². The number of fused-ring (bicyclic) bond motifs is 1. The van der Waals surface area contributed by atoms with Gasteiger partial charge in [0.1, 0.15) is 5.60 Å². The summed E-state index contributed by atoms with van der Waals surface area (Å²) in [5.41, 5.74) is 1.20. The van der Waals surface area contributed by atoms with Crippen LogP contribution in [0.2, 0.25) is 0 Å². The number of aromatic amines is 1. The minimum atomic E-state index is -0.526. The van der Waals surface area contributed by atoms with Crippen LogP contribution >= 0.6 is 0 Å². The Morgan fingerprint density at radius 3 is 2.87 bits per heavy atom. The monoisotopic (exact) mass is 321 g/mol. The number of rotatable bonds is 3. The molecule has 0 saturated carbocycles. The summed E-state index contributed by atoms with van der Waals surface area (Å²) in [4.78, 5) is 25.4. The Balaban J connectivity index is 1.99. The number of hydrogen-bond acceptors (Lipinski definition) is 4. The lowest BCUT2D eigenvalue weighted by molar-refractivity contribution is 0.0221. The van der Waals surface area contributed by atoms with Gasteiger partial charge in [-0.1, -0.05) is 6.08 Å². The van der Waals surface area contributed by atoms with E-state index in [0.29, 0.717) is 31.9 Å². The van der Waals surface area contributed by atoms with Crippen molar-refractivity contribution in [3.8, 4) is 0 Å². The fourth-order valence-corrected chi connectivity index (χ4v) is 2.22. The topological polar surface area (TPSA) is 99.4 Å². The molecule has 0 aromatic carbocycles. The summed E-state index contributed by atoms with van der Waals surface area (Å²) in [5.74, 6) is 0.491. The van der Waals surface area contributed by atoms with Gasteiger partial charge in [-0.15, -0.1) is 6.58 Å². The molecule has 8 nitrogen and oxygen atoms in total. The molecule has 1 aliphatic rings. The van der Waals surface area contributed by atoms with E-state index in [2.05, 4.69) is 27.4 Å². The summed E-state index contributed by atoms with van der Waals surface area (Å²) in [5, 5.41) is 12.3. The third kappa shape index (κ3) is 4.48. The number of anilines is 1. The molecule has 23 heavy (non-hydrogen) atoms. The Hall–Kier alpha value is -2.51. The standard InChI is InChI=1S/C15H23N5O3/c1-5-7-16-13(21)17-12-10-6-8-20(9-11(10)18-19-12)14(22)23-15(2,3)4/h5H,1,6-9H2,2-4H3,(H3,16,17,18,19,21). The minimum Gasteiger partial charge on any atom is -0.444 e. The first kappa shape index (κ1) is 16.9. The van der Waals surface area contributed by atoms with Gasteiger partial charge in [0.2, 0.25) is 0 Å². The van der Waals surface area contributed by atoms with E-state index in [-0.39, 0.29) is 12.1 Å². The number of nitrogens with zero attached hydrogens (tertiary/aromatic N) is 2. The summed E-state index contributed by atoms with van der Waals surface area (Å²) >= 11 is 0. The highest BCUT2D eigenvalue weighted by Gasteiger charge is 2.28. The highest BCUT2D eigenvalue weighted by Crippen LogP contribution is 2.24. The molecule has 0 bridgehead atoms. The second-order valence-corrected chi connectivity index (χ2v) is 6.30. The van der Waals surface area contributed by atoms with Gasteiger partial charge in [0.25, 0.3) is 0 Å². The number of aromatic nitrogens is 2. The average Bonchev–Trinajstić information content (AvgIpc) is 2.85. The van der Waals surface area contributed by atoms with E-state index in [1.54, 1.807) is 11.0 Å². The van der Waals surface area contributed by atoms with Crippen LogP contribution in [0.4, 0.5) is 15.4 Å². The molecule has 3 N–H and O–H groups in total. The molecule has 0 radical (unpaired) electrons. The first-order valence-electron chi connectivity index (χ1n) is 7.50. The molecular formula is C15H23N5O3. The SMILES string of the molecule is C=CCNC(=O)Nc1n[nH]c2c1CCN(C(=O)OC(C)(C)C)C2. The molecule has 8 heteroatoms. The second-order valence-electron chi connectivity index (χ2n) is 6.30. The first-order valence-corrected chi connectivity index (χ1v) is 7.50. The number of amides is 3. The fraction of sp³-hybridized carbons (Fsp3) is 0.533. The van der Waals surface area contributed by atoms with Gasteiger partial charge in [0.05, 0.1) is 12.2 Å². The third-order valence-electron chi connectivity index (χ3n) is 3.22. The van der Waals surface area contributed by atoms with E-state index in [4.69, 9.17) is 4.74 Å². The molecule has 0 saturated heterocycles. The van der Waals surface area contributed by atoms with E-state index in [9.17, 15) is 9.59 Å². The van der Waals surface area contributed by atoms with Gasteiger partial charge in [-0.05, 0) is 27.2 Å². The number of H-pyrrole nitrogens is 1. The molecule has 0 unspecified atom stereocenters. The maximum atomic E-state index is 12.1. The van der Waals surface area contributed by atoms with Gasteiger partial charge in [-0.3, -0.25) is 10.4 Å². The van der Waals surface area contributed by atoms with Gasteiger partial charge in [0, 0.05) is 18.7 Å². The van der Waals surface area contributed by atoms with Crippen LogP contribution < -0.4 is 10.6 Å². The normalized spacial score (nSPS) is 14.0. The van der Waals surface area contributed by atoms with Crippen molar-refractivity contribution in [2.24, 2.45) is 0 Å². The summed E-state index contributed by atoms with van der Waals surface area (Å²) in [6.07, 6.45) is 1.84. The highest BCUT2D eigenvalue weighted by atomic mass is 16.6. The molecule has 1 aromatic rings. The van der Waals surface area contributed by atoms with Gasteiger partial charge < -0.3 is 15.0 Å². The van der Waals surface area contributed by atoms with Crippen LogP contribution in [0.5, 0.6) is 0 Å². The highest BCUT2D eigenvalue weighted by molar-refractivity contribution is 5.89. The molecule has 0 aliphatic carbocycles. The molecule has 1 aliphatic heterocycles. The van der Waals surface area contributed by atoms with Crippen molar-refractivity contribution >= 4 is 17.9 Å². The molecule has 3 amide bonds. The van der Waals surface area contributed by atoms with E-state index >= 15 is 0 Å². The number of ether oxygens (including phenoxy) is 1. The van der Waals surface area contributed by atoms with Gasteiger partial charge in [-0.25, -0.2) is 9.59 Å².